The molecule has 0 saturated heterocycles. The third-order valence-electron chi connectivity index (χ3n) is 7.98. The average Bonchev–Trinajstić information content (AvgIpc) is 3.59. The normalized spacial score (nSPS) is 11.8. The van der Waals surface area contributed by atoms with Crippen LogP contribution in [0.1, 0.15) is 0 Å². The van der Waals surface area contributed by atoms with Crippen molar-refractivity contribution >= 4 is 59.2 Å². The third kappa shape index (κ3) is 3.65. The smallest absolute Gasteiger partial charge is 0.266 e. The molecule has 0 saturated carbocycles. The predicted molar refractivity (Wildman–Crippen MR) is 175 cm³/mol. The molecule has 43 heavy (non-hydrogen) atoms. The Bertz CT molecular complexity index is 2530. The lowest BCUT2D eigenvalue weighted by Gasteiger charge is -2.12. The number of hydrogen-bond donors (Lipinski definition) is 0. The van der Waals surface area contributed by atoms with Crippen LogP contribution in [0.3, 0.4) is 0 Å². The summed E-state index contributed by atoms with van der Waals surface area (Å²) in [5.41, 5.74) is 6.31. The van der Waals surface area contributed by atoms with Crippen LogP contribution >= 0.6 is 11.3 Å². The molecule has 0 aliphatic heterocycles. The summed E-state index contributed by atoms with van der Waals surface area (Å²) >= 11 is 1.53. The van der Waals surface area contributed by atoms with E-state index in [0.29, 0.717) is 16.2 Å². The summed E-state index contributed by atoms with van der Waals surface area (Å²) in [5, 5.41) is 2.81. The Balaban J connectivity index is 1.39. The van der Waals surface area contributed by atoms with Crippen molar-refractivity contribution in [2.45, 2.75) is 0 Å². The molecule has 0 N–H and O–H groups in total. The first-order valence-corrected chi connectivity index (χ1v) is 14.8. The van der Waals surface area contributed by atoms with Crippen LogP contribution in [0.15, 0.2) is 132 Å². The number of hydrogen-bond acceptors (Lipinski definition) is 5. The van der Waals surface area contributed by atoms with E-state index >= 15 is 0 Å². The molecule has 0 spiro atoms. The first-order valence-electron chi connectivity index (χ1n) is 14.0. The van der Waals surface area contributed by atoms with Crippen molar-refractivity contribution in [2.24, 2.45) is 0 Å². The molecule has 0 radical (unpaired) electrons. The lowest BCUT2D eigenvalue weighted by Crippen LogP contribution is -2.11. The number of benzene rings is 5. The van der Waals surface area contributed by atoms with Crippen LogP contribution < -0.4 is 5.56 Å². The second-order valence-corrected chi connectivity index (χ2v) is 11.5. The van der Waals surface area contributed by atoms with Gasteiger partial charge in [-0.25, -0.2) is 19.4 Å². The van der Waals surface area contributed by atoms with Gasteiger partial charge in [0.15, 0.2) is 10.8 Å². The van der Waals surface area contributed by atoms with Gasteiger partial charge in [0.25, 0.3) is 5.56 Å². The highest BCUT2D eigenvalue weighted by atomic mass is 32.1. The molecule has 0 fully saturated rings. The number of nitrogens with zero attached hydrogens (tertiary/aromatic N) is 5. The van der Waals surface area contributed by atoms with Crippen LogP contribution in [-0.2, 0) is 0 Å². The zero-order valence-electron chi connectivity index (χ0n) is 22.7. The van der Waals surface area contributed by atoms with Crippen LogP contribution in [0, 0.1) is 0 Å². The molecule has 0 aliphatic rings. The van der Waals surface area contributed by atoms with Crippen molar-refractivity contribution in [3.05, 3.63) is 138 Å². The van der Waals surface area contributed by atoms with Gasteiger partial charge in [0.05, 0.1) is 33.1 Å². The van der Waals surface area contributed by atoms with Gasteiger partial charge in [-0.05, 0) is 30.3 Å². The van der Waals surface area contributed by atoms with Crippen LogP contribution in [0.4, 0.5) is 0 Å². The minimum atomic E-state index is -0.0502. The molecular weight excluding hydrogens is 550 g/mol. The molecule has 0 atom stereocenters. The highest BCUT2D eigenvalue weighted by Gasteiger charge is 2.19. The minimum absolute atomic E-state index is 0.0502. The third-order valence-corrected chi connectivity index (χ3v) is 9.01. The summed E-state index contributed by atoms with van der Waals surface area (Å²) in [5.74, 6) is 1.42. The van der Waals surface area contributed by atoms with E-state index in [-0.39, 0.29) is 5.56 Å². The van der Waals surface area contributed by atoms with Gasteiger partial charge in [0, 0.05) is 32.7 Å². The summed E-state index contributed by atoms with van der Waals surface area (Å²) in [6.07, 6.45) is 0. The molecular formula is C36H21N5OS. The molecule has 202 valence electrons. The number of aromatic nitrogens is 5. The lowest BCUT2D eigenvalue weighted by molar-refractivity contribution is 1.05. The molecule has 0 unspecified atom stereocenters. The molecule has 4 heterocycles. The van der Waals surface area contributed by atoms with Gasteiger partial charge in [0.2, 0.25) is 0 Å². The van der Waals surface area contributed by atoms with E-state index in [4.69, 9.17) is 15.0 Å². The number of para-hydroxylation sites is 1. The Kier molecular flexibility index (Phi) is 5.12. The SMILES string of the molecule is O=c1c2ccccc2sc2nc3cc4c(cc3n12)c1ccccc1n4-c1cc(-c2ccccc2)nc(-c2ccccc2)n1. The van der Waals surface area contributed by atoms with Crippen LogP contribution in [-0.4, -0.2) is 23.9 Å². The highest BCUT2D eigenvalue weighted by Crippen LogP contribution is 2.36. The maximum absolute atomic E-state index is 13.6. The largest absolute Gasteiger partial charge is 0.294 e. The number of imidazole rings is 1. The predicted octanol–water partition coefficient (Wildman–Crippen LogP) is 8.28. The summed E-state index contributed by atoms with van der Waals surface area (Å²) < 4.78 is 4.87. The van der Waals surface area contributed by atoms with E-state index in [1.807, 2.05) is 91.0 Å². The zero-order valence-corrected chi connectivity index (χ0v) is 23.5. The molecule has 4 aromatic heterocycles. The lowest BCUT2D eigenvalue weighted by atomic mass is 10.1. The van der Waals surface area contributed by atoms with Crippen molar-refractivity contribution < 1.29 is 0 Å². The summed E-state index contributed by atoms with van der Waals surface area (Å²) in [7, 11) is 0. The van der Waals surface area contributed by atoms with Crippen molar-refractivity contribution in [3.63, 3.8) is 0 Å². The van der Waals surface area contributed by atoms with Gasteiger partial charge in [0.1, 0.15) is 5.82 Å². The Hall–Kier alpha value is -5.66. The monoisotopic (exact) mass is 571 g/mol. The van der Waals surface area contributed by atoms with E-state index in [1.54, 1.807) is 4.40 Å². The Morgan fingerprint density at radius 2 is 1.26 bits per heavy atom. The minimum Gasteiger partial charge on any atom is -0.294 e. The maximum atomic E-state index is 13.6. The van der Waals surface area contributed by atoms with Gasteiger partial charge >= 0.3 is 0 Å². The topological polar surface area (TPSA) is 65.1 Å². The summed E-state index contributed by atoms with van der Waals surface area (Å²) in [6, 6.07) is 42.5. The van der Waals surface area contributed by atoms with E-state index in [9.17, 15) is 4.79 Å². The number of fused-ring (bicyclic) bond motifs is 7. The Morgan fingerprint density at radius 1 is 0.558 bits per heavy atom. The fraction of sp³-hybridized carbons (Fsp3) is 0. The van der Waals surface area contributed by atoms with E-state index in [1.165, 1.54) is 11.3 Å². The molecule has 9 aromatic rings. The summed E-state index contributed by atoms with van der Waals surface area (Å²) in [4.78, 5) is 29.4. The van der Waals surface area contributed by atoms with Gasteiger partial charge in [-0.1, -0.05) is 102 Å². The van der Waals surface area contributed by atoms with Crippen molar-refractivity contribution in [3.8, 4) is 28.5 Å². The Morgan fingerprint density at radius 3 is 2.07 bits per heavy atom. The quantitative estimate of drug-likeness (QED) is 0.214. The maximum Gasteiger partial charge on any atom is 0.266 e. The van der Waals surface area contributed by atoms with Crippen molar-refractivity contribution in [1.82, 2.24) is 23.9 Å². The zero-order chi connectivity index (χ0) is 28.5. The standard InChI is InChI=1S/C36H21N5OS/c42-35-25-16-8-10-18-32(25)43-36-38-28-20-30-26(19-31(28)41(35)36)24-15-7-9-17-29(24)40(30)33-21-27(22-11-3-1-4-12-22)37-34(39-33)23-13-5-2-6-14-23/h1-21H. The Labute approximate surface area is 248 Å². The van der Waals surface area contributed by atoms with Gasteiger partial charge in [-0.2, -0.15) is 0 Å². The first kappa shape index (κ1) is 24.0. The second-order valence-electron chi connectivity index (χ2n) is 10.5. The van der Waals surface area contributed by atoms with Gasteiger partial charge in [-0.15, -0.1) is 0 Å². The first-order chi connectivity index (χ1) is 21.2. The molecule has 0 amide bonds. The molecule has 0 bridgehead atoms. The molecule has 5 aromatic carbocycles. The van der Waals surface area contributed by atoms with E-state index in [2.05, 4.69) is 41.0 Å². The number of rotatable bonds is 3. The van der Waals surface area contributed by atoms with Gasteiger partial charge < -0.3 is 0 Å². The van der Waals surface area contributed by atoms with Crippen LogP contribution in [0.5, 0.6) is 0 Å². The van der Waals surface area contributed by atoms with E-state index < -0.39 is 0 Å². The average molecular weight is 572 g/mol. The highest BCUT2D eigenvalue weighted by molar-refractivity contribution is 7.23. The molecule has 0 aliphatic carbocycles. The fourth-order valence-corrected chi connectivity index (χ4v) is 7.03. The van der Waals surface area contributed by atoms with Crippen molar-refractivity contribution in [1.29, 1.82) is 0 Å². The van der Waals surface area contributed by atoms with Crippen molar-refractivity contribution in [2.75, 3.05) is 0 Å². The van der Waals surface area contributed by atoms with Crippen LogP contribution in [0.25, 0.3) is 76.3 Å². The van der Waals surface area contributed by atoms with E-state index in [0.717, 1.165) is 60.2 Å². The van der Waals surface area contributed by atoms with Crippen LogP contribution in [0.2, 0.25) is 0 Å². The molecule has 7 heteroatoms. The second kappa shape index (κ2) is 9.17. The molecule has 9 rings (SSSR count). The fourth-order valence-electron chi connectivity index (χ4n) is 6.00. The van der Waals surface area contributed by atoms with Gasteiger partial charge in [-0.3, -0.25) is 9.36 Å². The summed E-state index contributed by atoms with van der Waals surface area (Å²) in [6.45, 7) is 0. The molecule has 6 nitrogen and oxygen atoms in total.